The molecule has 2 aromatic heterocycles. The van der Waals surface area contributed by atoms with Crippen LogP contribution in [0, 0.1) is 5.82 Å². The van der Waals surface area contributed by atoms with E-state index >= 15 is 0 Å². The largest absolute Gasteiger partial charge is 0.345 e. The summed E-state index contributed by atoms with van der Waals surface area (Å²) in [5.74, 6) is -0.406. The lowest BCUT2D eigenvalue weighted by atomic mass is 9.97. The minimum absolute atomic E-state index is 0.0903. The number of fused-ring (bicyclic) bond motifs is 1. The molecule has 26 heavy (non-hydrogen) atoms. The van der Waals surface area contributed by atoms with Gasteiger partial charge in [-0.1, -0.05) is 42.5 Å². The van der Waals surface area contributed by atoms with Gasteiger partial charge < -0.3 is 4.98 Å². The lowest BCUT2D eigenvalue weighted by Gasteiger charge is -2.06. The van der Waals surface area contributed by atoms with Crippen LogP contribution in [-0.2, 0) is 0 Å². The minimum Gasteiger partial charge on any atom is -0.345 e. The third kappa shape index (κ3) is 3.24. The van der Waals surface area contributed by atoms with Crippen LogP contribution in [0.2, 0.25) is 0 Å². The lowest BCUT2D eigenvalue weighted by Crippen LogP contribution is -2.00. The summed E-state index contributed by atoms with van der Waals surface area (Å²) in [5, 5.41) is 0.706. The standard InChI is InChI=1S/C20H13FN2O.CH3F/c21-15-8-4-7-14(11-15)16-9-10-22-20-18(16)17(12-23-20)19(24)13-5-2-1-3-6-13;1-2/h1-12H,(H,22,23);1H3. The molecule has 4 rings (SSSR count). The van der Waals surface area contributed by atoms with E-state index in [9.17, 15) is 13.6 Å². The van der Waals surface area contributed by atoms with Gasteiger partial charge in [0, 0.05) is 23.3 Å². The van der Waals surface area contributed by atoms with Crippen LogP contribution in [0.25, 0.3) is 22.2 Å². The molecule has 2 aromatic carbocycles. The monoisotopic (exact) mass is 350 g/mol. The number of hydrogen-bond donors (Lipinski definition) is 1. The van der Waals surface area contributed by atoms with Crippen LogP contribution in [0.1, 0.15) is 15.9 Å². The number of aromatic nitrogens is 2. The van der Waals surface area contributed by atoms with Gasteiger partial charge in [0.05, 0.1) is 12.7 Å². The molecule has 0 bridgehead atoms. The highest BCUT2D eigenvalue weighted by atomic mass is 19.1. The van der Waals surface area contributed by atoms with Gasteiger partial charge in [0.25, 0.3) is 0 Å². The summed E-state index contributed by atoms with van der Waals surface area (Å²) in [5.41, 5.74) is 3.23. The number of nitrogens with one attached hydrogen (secondary N) is 1. The Balaban J connectivity index is 0.000000948. The molecule has 0 saturated heterocycles. The summed E-state index contributed by atoms with van der Waals surface area (Å²) >= 11 is 0. The van der Waals surface area contributed by atoms with Gasteiger partial charge in [0.1, 0.15) is 11.5 Å². The molecule has 0 radical (unpaired) electrons. The van der Waals surface area contributed by atoms with Crippen LogP contribution in [-0.4, -0.2) is 22.9 Å². The van der Waals surface area contributed by atoms with Gasteiger partial charge in [-0.25, -0.2) is 9.37 Å². The molecular weight excluding hydrogens is 334 g/mol. The summed E-state index contributed by atoms with van der Waals surface area (Å²) in [6.07, 6.45) is 3.31. The van der Waals surface area contributed by atoms with Crippen molar-refractivity contribution in [3.05, 3.63) is 90.0 Å². The summed E-state index contributed by atoms with van der Waals surface area (Å²) < 4.78 is 23.1. The molecule has 5 heteroatoms. The minimum atomic E-state index is -0.316. The second kappa shape index (κ2) is 7.70. The van der Waals surface area contributed by atoms with Crippen molar-refractivity contribution >= 4 is 16.8 Å². The molecule has 0 unspecified atom stereocenters. The zero-order valence-corrected chi connectivity index (χ0v) is 14.0. The molecule has 1 N–H and O–H groups in total. The van der Waals surface area contributed by atoms with Crippen LogP contribution >= 0.6 is 0 Å². The van der Waals surface area contributed by atoms with Crippen molar-refractivity contribution in [2.75, 3.05) is 7.18 Å². The number of H-pyrrole nitrogens is 1. The number of nitrogens with zero attached hydrogens (tertiary/aromatic N) is 1. The summed E-state index contributed by atoms with van der Waals surface area (Å²) in [4.78, 5) is 20.2. The fourth-order valence-electron chi connectivity index (χ4n) is 2.88. The van der Waals surface area contributed by atoms with Crippen LogP contribution in [0.5, 0.6) is 0 Å². The second-order valence-electron chi connectivity index (χ2n) is 5.49. The predicted octanol–water partition coefficient (Wildman–Crippen LogP) is 5.19. The highest BCUT2D eigenvalue weighted by Crippen LogP contribution is 2.31. The molecule has 0 amide bonds. The van der Waals surface area contributed by atoms with Crippen molar-refractivity contribution in [3.63, 3.8) is 0 Å². The first-order valence-electron chi connectivity index (χ1n) is 7.93. The van der Waals surface area contributed by atoms with Gasteiger partial charge in [-0.15, -0.1) is 0 Å². The molecule has 130 valence electrons. The van der Waals surface area contributed by atoms with Crippen LogP contribution in [0.15, 0.2) is 73.1 Å². The molecule has 0 fully saturated rings. The van der Waals surface area contributed by atoms with Crippen LogP contribution in [0.3, 0.4) is 0 Å². The first kappa shape index (κ1) is 17.5. The third-order valence-corrected chi connectivity index (χ3v) is 3.99. The molecule has 0 aliphatic carbocycles. The van der Waals surface area contributed by atoms with Gasteiger partial charge in [-0.05, 0) is 29.3 Å². The number of rotatable bonds is 3. The zero-order chi connectivity index (χ0) is 18.5. The number of alkyl halides is 1. The zero-order valence-electron chi connectivity index (χ0n) is 14.0. The van der Waals surface area contributed by atoms with Gasteiger partial charge in [-0.3, -0.25) is 9.18 Å². The van der Waals surface area contributed by atoms with Crippen molar-refractivity contribution in [3.8, 4) is 11.1 Å². The summed E-state index contributed by atoms with van der Waals surface area (Å²) in [6, 6.07) is 17.2. The van der Waals surface area contributed by atoms with Crippen molar-refractivity contribution in [1.29, 1.82) is 0 Å². The normalized spacial score (nSPS) is 10.3. The van der Waals surface area contributed by atoms with E-state index in [1.54, 1.807) is 36.7 Å². The Morgan fingerprint density at radius 2 is 1.77 bits per heavy atom. The van der Waals surface area contributed by atoms with Gasteiger partial charge in [-0.2, -0.15) is 0 Å². The Labute approximate surface area is 149 Å². The molecule has 2 heterocycles. The highest BCUT2D eigenvalue weighted by molar-refractivity contribution is 6.18. The Morgan fingerprint density at radius 3 is 2.50 bits per heavy atom. The quantitative estimate of drug-likeness (QED) is 0.517. The number of pyridine rings is 1. The second-order valence-corrected chi connectivity index (χ2v) is 5.49. The SMILES string of the molecule is CF.O=C(c1ccccc1)c1c[nH]c2nccc(-c3cccc(F)c3)c12. The van der Waals surface area contributed by atoms with Crippen molar-refractivity contribution in [2.45, 2.75) is 0 Å². The van der Waals surface area contributed by atoms with E-state index in [1.165, 1.54) is 12.1 Å². The number of aromatic amines is 1. The van der Waals surface area contributed by atoms with Gasteiger partial charge >= 0.3 is 0 Å². The molecule has 3 nitrogen and oxygen atoms in total. The van der Waals surface area contributed by atoms with Crippen LogP contribution in [0.4, 0.5) is 8.78 Å². The molecule has 0 atom stereocenters. The van der Waals surface area contributed by atoms with E-state index in [0.717, 1.165) is 5.56 Å². The predicted molar refractivity (Wildman–Crippen MR) is 98.4 cm³/mol. The maximum absolute atomic E-state index is 13.6. The number of benzene rings is 2. The smallest absolute Gasteiger partial charge is 0.195 e. The topological polar surface area (TPSA) is 45.8 Å². The van der Waals surface area contributed by atoms with E-state index < -0.39 is 0 Å². The van der Waals surface area contributed by atoms with Crippen molar-refractivity contribution in [2.24, 2.45) is 0 Å². The molecule has 0 spiro atoms. The van der Waals surface area contributed by atoms with E-state index in [0.29, 0.717) is 34.9 Å². The maximum atomic E-state index is 13.6. The van der Waals surface area contributed by atoms with Gasteiger partial charge in [0.15, 0.2) is 5.78 Å². The first-order chi connectivity index (χ1) is 12.7. The number of carbonyl (C=O) groups excluding carboxylic acids is 1. The highest BCUT2D eigenvalue weighted by Gasteiger charge is 2.18. The average Bonchev–Trinajstić information content (AvgIpc) is 3.14. The first-order valence-corrected chi connectivity index (χ1v) is 7.93. The molecule has 0 saturated carbocycles. The Bertz CT molecular complexity index is 1040. The Hall–Kier alpha value is -3.34. The van der Waals surface area contributed by atoms with Crippen LogP contribution < -0.4 is 0 Å². The molecule has 0 aliphatic rings. The van der Waals surface area contributed by atoms with Gasteiger partial charge in [0.2, 0.25) is 0 Å². The van der Waals surface area contributed by atoms with E-state index in [1.807, 2.05) is 24.3 Å². The fourth-order valence-corrected chi connectivity index (χ4v) is 2.88. The Kier molecular flexibility index (Phi) is 5.17. The number of ketones is 1. The maximum Gasteiger partial charge on any atom is 0.195 e. The number of carbonyl (C=O) groups is 1. The fraction of sp³-hybridized carbons (Fsp3) is 0.0476. The summed E-state index contributed by atoms with van der Waals surface area (Å²) in [6.45, 7) is 0. The van der Waals surface area contributed by atoms with E-state index in [-0.39, 0.29) is 11.6 Å². The molecule has 4 aromatic rings. The van der Waals surface area contributed by atoms with Crippen molar-refractivity contribution in [1.82, 2.24) is 9.97 Å². The van der Waals surface area contributed by atoms with Crippen molar-refractivity contribution < 1.29 is 13.6 Å². The lowest BCUT2D eigenvalue weighted by molar-refractivity contribution is 0.104. The molecular formula is C21H16F2N2O. The molecule has 0 aliphatic heterocycles. The van der Waals surface area contributed by atoms with E-state index in [2.05, 4.69) is 9.97 Å². The third-order valence-electron chi connectivity index (χ3n) is 3.99. The summed E-state index contributed by atoms with van der Waals surface area (Å²) in [7, 11) is 0.500. The number of hydrogen-bond acceptors (Lipinski definition) is 2. The Morgan fingerprint density at radius 1 is 1.00 bits per heavy atom. The average molecular weight is 350 g/mol. The number of halogens is 2. The van der Waals surface area contributed by atoms with E-state index in [4.69, 9.17) is 0 Å².